The second kappa shape index (κ2) is 6.91. The summed E-state index contributed by atoms with van der Waals surface area (Å²) in [5.41, 5.74) is 4.93. The number of amides is 1. The van der Waals surface area contributed by atoms with Gasteiger partial charge in [-0.3, -0.25) is 5.21 Å². The number of aryl methyl sites for hydroxylation is 1. The summed E-state index contributed by atoms with van der Waals surface area (Å²) in [6.07, 6.45) is 3.69. The second-order valence-electron chi connectivity index (χ2n) is 4.76. The van der Waals surface area contributed by atoms with Crippen molar-refractivity contribution in [2.24, 2.45) is 0 Å². The molecule has 2 aliphatic carbocycles. The number of hydrogen-bond acceptors (Lipinski definition) is 3. The Morgan fingerprint density at radius 3 is 2.85 bits per heavy atom. The lowest BCUT2D eigenvalue weighted by Gasteiger charge is -2.03. The van der Waals surface area contributed by atoms with Gasteiger partial charge in [0.15, 0.2) is 0 Å². The fourth-order valence-corrected chi connectivity index (χ4v) is 2.29. The lowest BCUT2D eigenvalue weighted by atomic mass is 10.0. The molecule has 2 N–H and O–H groups in total. The Labute approximate surface area is 118 Å². The van der Waals surface area contributed by atoms with Crippen molar-refractivity contribution in [2.45, 2.75) is 32.6 Å². The molecule has 106 valence electrons. The van der Waals surface area contributed by atoms with Gasteiger partial charge in [0.2, 0.25) is 0 Å². The first-order valence-corrected chi connectivity index (χ1v) is 6.88. The van der Waals surface area contributed by atoms with Crippen molar-refractivity contribution in [1.82, 2.24) is 5.48 Å². The van der Waals surface area contributed by atoms with Crippen LogP contribution >= 0.6 is 0 Å². The van der Waals surface area contributed by atoms with Crippen LogP contribution < -0.4 is 10.2 Å². The van der Waals surface area contributed by atoms with Crippen LogP contribution in [0.25, 0.3) is 11.1 Å². The molecule has 4 heteroatoms. The van der Waals surface area contributed by atoms with Crippen LogP contribution in [0.3, 0.4) is 0 Å². The van der Waals surface area contributed by atoms with Gasteiger partial charge in [0.1, 0.15) is 5.75 Å². The first kappa shape index (κ1) is 14.3. The predicted molar refractivity (Wildman–Crippen MR) is 77.2 cm³/mol. The standard InChI is InChI=1S/C16H19NO3/c1-2-3-4-6-12-9-10-13-7-5-8-14(11-15(12)13)20-16(18)17-19/h5,7-11,19H,2-4,6H2,1H3,(H,17,18). The fourth-order valence-electron chi connectivity index (χ4n) is 2.29. The Balaban J connectivity index is 2.24. The van der Waals surface area contributed by atoms with Gasteiger partial charge in [0.05, 0.1) is 0 Å². The molecule has 0 fully saturated rings. The van der Waals surface area contributed by atoms with Crippen LogP contribution in [-0.2, 0) is 6.42 Å². The largest absolute Gasteiger partial charge is 0.436 e. The number of nitrogens with one attached hydrogen (secondary N) is 1. The highest BCUT2D eigenvalue weighted by Crippen LogP contribution is 2.31. The monoisotopic (exact) mass is 273 g/mol. The van der Waals surface area contributed by atoms with E-state index in [9.17, 15) is 4.79 Å². The van der Waals surface area contributed by atoms with Crippen molar-refractivity contribution in [3.63, 3.8) is 0 Å². The molecule has 0 saturated carbocycles. The maximum absolute atomic E-state index is 11.1. The molecule has 0 bridgehead atoms. The smallest absolute Gasteiger partial charge is 0.409 e. The lowest BCUT2D eigenvalue weighted by Crippen LogP contribution is -2.22. The molecule has 0 aromatic carbocycles. The maximum atomic E-state index is 11.1. The number of fused-ring (bicyclic) bond motifs is 1. The molecule has 0 aromatic heterocycles. The van der Waals surface area contributed by atoms with E-state index in [0.717, 1.165) is 24.0 Å². The number of rotatable bonds is 5. The molecule has 0 saturated heterocycles. The van der Waals surface area contributed by atoms with E-state index < -0.39 is 6.09 Å². The van der Waals surface area contributed by atoms with E-state index in [2.05, 4.69) is 19.1 Å². The highest BCUT2D eigenvalue weighted by Gasteiger charge is 2.10. The van der Waals surface area contributed by atoms with Crippen LogP contribution in [0, 0.1) is 0 Å². The molecule has 0 heterocycles. The molecule has 2 rings (SSSR count). The Morgan fingerprint density at radius 2 is 2.10 bits per heavy atom. The van der Waals surface area contributed by atoms with Gasteiger partial charge in [-0.1, -0.05) is 44.0 Å². The van der Waals surface area contributed by atoms with Crippen LogP contribution in [0.5, 0.6) is 5.75 Å². The van der Waals surface area contributed by atoms with Crippen molar-refractivity contribution < 1.29 is 14.7 Å². The number of hydroxylamine groups is 1. The fraction of sp³-hybridized carbons (Fsp3) is 0.312. The summed E-state index contributed by atoms with van der Waals surface area (Å²) in [7, 11) is 0. The molecule has 0 unspecified atom stereocenters. The lowest BCUT2D eigenvalue weighted by molar-refractivity contribution is 0.127. The summed E-state index contributed by atoms with van der Waals surface area (Å²) in [4.78, 5) is 11.1. The predicted octanol–water partition coefficient (Wildman–Crippen LogP) is 4.00. The minimum Gasteiger partial charge on any atom is -0.409 e. The average Bonchev–Trinajstić information content (AvgIpc) is 2.70. The Bertz CT molecular complexity index is 554. The van der Waals surface area contributed by atoms with Crippen molar-refractivity contribution in [3.8, 4) is 16.9 Å². The van der Waals surface area contributed by atoms with E-state index >= 15 is 0 Å². The van der Waals surface area contributed by atoms with Gasteiger partial charge in [-0.15, -0.1) is 0 Å². The zero-order valence-corrected chi connectivity index (χ0v) is 11.6. The Hall–Kier alpha value is -2.07. The third-order valence-corrected chi connectivity index (χ3v) is 3.30. The Morgan fingerprint density at radius 1 is 1.25 bits per heavy atom. The van der Waals surface area contributed by atoms with Crippen molar-refractivity contribution in [3.05, 3.63) is 42.0 Å². The molecular formula is C16H19NO3. The summed E-state index contributed by atoms with van der Waals surface area (Å²) < 4.78 is 4.98. The minimum atomic E-state index is -0.886. The van der Waals surface area contributed by atoms with Crippen LogP contribution in [0.15, 0.2) is 36.4 Å². The molecule has 0 aromatic rings. The van der Waals surface area contributed by atoms with E-state index in [-0.39, 0.29) is 0 Å². The maximum Gasteiger partial charge on any atom is 0.436 e. The molecule has 4 nitrogen and oxygen atoms in total. The van der Waals surface area contributed by atoms with Crippen LogP contribution in [0.4, 0.5) is 4.79 Å². The molecule has 0 radical (unpaired) electrons. The molecule has 2 aliphatic rings. The van der Waals surface area contributed by atoms with Gasteiger partial charge >= 0.3 is 6.09 Å². The van der Waals surface area contributed by atoms with Crippen molar-refractivity contribution >= 4 is 6.09 Å². The Kier molecular flexibility index (Phi) is 4.96. The van der Waals surface area contributed by atoms with Gasteiger partial charge < -0.3 is 4.74 Å². The zero-order valence-electron chi connectivity index (χ0n) is 11.6. The van der Waals surface area contributed by atoms with Crippen molar-refractivity contribution in [1.29, 1.82) is 0 Å². The summed E-state index contributed by atoms with van der Waals surface area (Å²) in [5.74, 6) is 0.412. The molecule has 0 aliphatic heterocycles. The van der Waals surface area contributed by atoms with Gasteiger partial charge in [0, 0.05) is 0 Å². The summed E-state index contributed by atoms with van der Waals surface area (Å²) in [5, 5.41) is 8.51. The van der Waals surface area contributed by atoms with Crippen LogP contribution in [0.1, 0.15) is 31.7 Å². The highest BCUT2D eigenvalue weighted by molar-refractivity contribution is 5.74. The number of hydrogen-bond donors (Lipinski definition) is 2. The number of carbonyl (C=O) groups excluding carboxylic acids is 1. The average molecular weight is 273 g/mol. The van der Waals surface area contributed by atoms with Gasteiger partial charge in [0.25, 0.3) is 0 Å². The van der Waals surface area contributed by atoms with E-state index in [4.69, 9.17) is 9.94 Å². The number of unbranched alkanes of at least 4 members (excludes halogenated alkanes) is 2. The van der Waals surface area contributed by atoms with Gasteiger partial charge in [-0.05, 0) is 41.7 Å². The zero-order chi connectivity index (χ0) is 14.4. The van der Waals surface area contributed by atoms with E-state index in [1.54, 1.807) is 6.07 Å². The van der Waals surface area contributed by atoms with E-state index in [0.29, 0.717) is 5.75 Å². The summed E-state index contributed by atoms with van der Waals surface area (Å²) in [6.45, 7) is 2.18. The van der Waals surface area contributed by atoms with E-state index in [1.807, 2.05) is 18.2 Å². The molecule has 0 atom stereocenters. The normalized spacial score (nSPS) is 10.5. The van der Waals surface area contributed by atoms with E-state index in [1.165, 1.54) is 23.9 Å². The number of ether oxygens (including phenoxy) is 1. The van der Waals surface area contributed by atoms with Gasteiger partial charge in [-0.25, -0.2) is 10.3 Å². The summed E-state index contributed by atoms with van der Waals surface area (Å²) in [6, 6.07) is 11.6. The topological polar surface area (TPSA) is 58.6 Å². The minimum absolute atomic E-state index is 0.412. The van der Waals surface area contributed by atoms with Gasteiger partial charge in [-0.2, -0.15) is 0 Å². The van der Waals surface area contributed by atoms with Crippen LogP contribution in [-0.4, -0.2) is 11.3 Å². The molecular weight excluding hydrogens is 254 g/mol. The first-order chi connectivity index (χ1) is 9.74. The molecule has 1 amide bonds. The van der Waals surface area contributed by atoms with Crippen LogP contribution in [0.2, 0.25) is 0 Å². The quantitative estimate of drug-likeness (QED) is 0.492. The number of carbonyl (C=O) groups is 1. The molecule has 20 heavy (non-hydrogen) atoms. The first-order valence-electron chi connectivity index (χ1n) is 6.88. The SMILES string of the molecule is CCCCCc1ccc2cccc(OC(=O)NO)cc1-2. The second-order valence-corrected chi connectivity index (χ2v) is 4.76. The molecule has 0 spiro atoms. The third-order valence-electron chi connectivity index (χ3n) is 3.30. The third kappa shape index (κ3) is 3.48. The van der Waals surface area contributed by atoms with Crippen molar-refractivity contribution in [2.75, 3.05) is 0 Å². The highest BCUT2D eigenvalue weighted by atomic mass is 16.6. The summed E-state index contributed by atoms with van der Waals surface area (Å²) >= 11 is 0.